The zero-order chi connectivity index (χ0) is 15.3. The first-order valence-corrected chi connectivity index (χ1v) is 6.87. The van der Waals surface area contributed by atoms with Crippen molar-refractivity contribution in [2.45, 2.75) is 33.2 Å². The van der Waals surface area contributed by atoms with E-state index in [0.717, 1.165) is 5.56 Å². The van der Waals surface area contributed by atoms with Crippen molar-refractivity contribution in [1.29, 1.82) is 0 Å². The van der Waals surface area contributed by atoms with Crippen molar-refractivity contribution in [3.8, 4) is 0 Å². The summed E-state index contributed by atoms with van der Waals surface area (Å²) in [6, 6.07) is 4.43. The predicted octanol–water partition coefficient (Wildman–Crippen LogP) is 2.97. The van der Waals surface area contributed by atoms with Crippen LogP contribution in [0.5, 0.6) is 0 Å². The minimum absolute atomic E-state index is 0.264. The lowest BCUT2D eigenvalue weighted by Gasteiger charge is -2.18. The molecule has 1 aromatic carbocycles. The van der Waals surface area contributed by atoms with Crippen LogP contribution in [0.2, 0.25) is 5.02 Å². The molecule has 1 N–H and O–H groups in total. The van der Waals surface area contributed by atoms with Gasteiger partial charge in [0, 0.05) is 10.6 Å². The SMILES string of the molecule is COC(=O)C(CC(C)C)NC(=O)c1cc(C)cc(Cl)c1. The monoisotopic (exact) mass is 297 g/mol. The standard InChI is InChI=1S/C15H20ClNO3/c1-9(2)5-13(15(19)20-4)17-14(18)11-6-10(3)7-12(16)8-11/h6-9,13H,5H2,1-4H3,(H,17,18). The summed E-state index contributed by atoms with van der Waals surface area (Å²) in [5.41, 5.74) is 1.33. The molecule has 1 unspecified atom stereocenters. The van der Waals surface area contributed by atoms with Gasteiger partial charge in [0.1, 0.15) is 6.04 Å². The minimum Gasteiger partial charge on any atom is -0.467 e. The Hall–Kier alpha value is -1.55. The molecule has 0 radical (unpaired) electrons. The van der Waals surface area contributed by atoms with E-state index in [1.807, 2.05) is 20.8 Å². The molecule has 110 valence electrons. The molecule has 0 aliphatic rings. The Labute approximate surface area is 124 Å². The second-order valence-electron chi connectivity index (χ2n) is 5.20. The van der Waals surface area contributed by atoms with E-state index in [-0.39, 0.29) is 11.8 Å². The number of methoxy groups -OCH3 is 1. The Bertz CT molecular complexity index is 480. The number of halogens is 1. The summed E-state index contributed by atoms with van der Waals surface area (Å²) in [7, 11) is 1.31. The van der Waals surface area contributed by atoms with Crippen molar-refractivity contribution in [3.63, 3.8) is 0 Å². The lowest BCUT2D eigenvalue weighted by molar-refractivity contribution is -0.143. The van der Waals surface area contributed by atoms with Crippen molar-refractivity contribution >= 4 is 23.5 Å². The number of benzene rings is 1. The van der Waals surface area contributed by atoms with Crippen LogP contribution < -0.4 is 5.32 Å². The largest absolute Gasteiger partial charge is 0.467 e. The van der Waals surface area contributed by atoms with Crippen molar-refractivity contribution in [2.75, 3.05) is 7.11 Å². The van der Waals surface area contributed by atoms with Gasteiger partial charge in [-0.05, 0) is 43.0 Å². The third-order valence-corrected chi connectivity index (χ3v) is 3.02. The molecule has 0 saturated carbocycles. The summed E-state index contributed by atoms with van der Waals surface area (Å²) >= 11 is 5.93. The number of carbonyl (C=O) groups excluding carboxylic acids is 2. The van der Waals surface area contributed by atoms with E-state index >= 15 is 0 Å². The quantitative estimate of drug-likeness (QED) is 0.850. The molecule has 0 aliphatic heterocycles. The van der Waals surface area contributed by atoms with E-state index in [9.17, 15) is 9.59 Å². The number of rotatable bonds is 5. The molecule has 0 bridgehead atoms. The number of carbonyl (C=O) groups is 2. The third kappa shape index (κ3) is 4.85. The topological polar surface area (TPSA) is 55.4 Å². The third-order valence-electron chi connectivity index (χ3n) is 2.80. The maximum Gasteiger partial charge on any atom is 0.328 e. The summed E-state index contributed by atoms with van der Waals surface area (Å²) in [5, 5.41) is 3.19. The summed E-state index contributed by atoms with van der Waals surface area (Å²) in [5.74, 6) is -0.502. The number of amides is 1. The highest BCUT2D eigenvalue weighted by atomic mass is 35.5. The van der Waals surface area contributed by atoms with Crippen LogP contribution >= 0.6 is 11.6 Å². The first-order chi connectivity index (χ1) is 9.33. The van der Waals surface area contributed by atoms with Gasteiger partial charge in [0.25, 0.3) is 5.91 Å². The molecular weight excluding hydrogens is 278 g/mol. The average Bonchev–Trinajstić information content (AvgIpc) is 2.35. The Morgan fingerprint density at radius 1 is 1.30 bits per heavy atom. The van der Waals surface area contributed by atoms with Gasteiger partial charge in [-0.25, -0.2) is 4.79 Å². The molecule has 20 heavy (non-hydrogen) atoms. The number of hydrogen-bond donors (Lipinski definition) is 1. The van der Waals surface area contributed by atoms with Crippen LogP contribution in [0.15, 0.2) is 18.2 Å². The van der Waals surface area contributed by atoms with Crippen LogP contribution in [-0.2, 0) is 9.53 Å². The molecule has 0 saturated heterocycles. The molecule has 5 heteroatoms. The molecule has 1 atom stereocenters. The van der Waals surface area contributed by atoms with Gasteiger partial charge in [0.05, 0.1) is 7.11 Å². The van der Waals surface area contributed by atoms with Crippen LogP contribution in [0.1, 0.15) is 36.2 Å². The number of aryl methyl sites for hydroxylation is 1. The second kappa shape index (κ2) is 7.29. The smallest absolute Gasteiger partial charge is 0.328 e. The maximum atomic E-state index is 12.2. The molecule has 1 aromatic rings. The second-order valence-corrected chi connectivity index (χ2v) is 5.63. The van der Waals surface area contributed by atoms with E-state index in [0.29, 0.717) is 17.0 Å². The molecular formula is C15H20ClNO3. The molecule has 0 aromatic heterocycles. The predicted molar refractivity (Wildman–Crippen MR) is 78.9 cm³/mol. The summed E-state index contributed by atoms with van der Waals surface area (Å²) in [6.07, 6.45) is 0.526. The Balaban J connectivity index is 2.87. The highest BCUT2D eigenvalue weighted by Crippen LogP contribution is 2.15. The fourth-order valence-corrected chi connectivity index (χ4v) is 2.23. The molecule has 0 aliphatic carbocycles. The fourth-order valence-electron chi connectivity index (χ4n) is 1.94. The van der Waals surface area contributed by atoms with Gasteiger partial charge in [-0.3, -0.25) is 4.79 Å². The zero-order valence-electron chi connectivity index (χ0n) is 12.2. The Kier molecular flexibility index (Phi) is 6.02. The number of nitrogens with one attached hydrogen (secondary N) is 1. The minimum atomic E-state index is -0.646. The van der Waals surface area contributed by atoms with Crippen molar-refractivity contribution < 1.29 is 14.3 Å². The van der Waals surface area contributed by atoms with Crippen molar-refractivity contribution in [2.24, 2.45) is 5.92 Å². The average molecular weight is 298 g/mol. The van der Waals surface area contributed by atoms with Gasteiger partial charge >= 0.3 is 5.97 Å². The normalized spacial score (nSPS) is 12.1. The summed E-state index contributed by atoms with van der Waals surface area (Å²) < 4.78 is 4.72. The van der Waals surface area contributed by atoms with E-state index in [1.165, 1.54) is 7.11 Å². The highest BCUT2D eigenvalue weighted by molar-refractivity contribution is 6.31. The van der Waals surface area contributed by atoms with Gasteiger partial charge in [-0.2, -0.15) is 0 Å². The lowest BCUT2D eigenvalue weighted by atomic mass is 10.0. The molecule has 0 spiro atoms. The Morgan fingerprint density at radius 3 is 2.45 bits per heavy atom. The maximum absolute atomic E-state index is 12.2. The molecule has 1 amide bonds. The van der Waals surface area contributed by atoms with Crippen LogP contribution in [0, 0.1) is 12.8 Å². The number of ether oxygens (including phenoxy) is 1. The van der Waals surface area contributed by atoms with Crippen LogP contribution in [0.3, 0.4) is 0 Å². The molecule has 1 rings (SSSR count). The van der Waals surface area contributed by atoms with Crippen molar-refractivity contribution in [3.05, 3.63) is 34.3 Å². The zero-order valence-corrected chi connectivity index (χ0v) is 13.0. The molecule has 0 heterocycles. The van der Waals surface area contributed by atoms with E-state index in [4.69, 9.17) is 16.3 Å². The van der Waals surface area contributed by atoms with Gasteiger partial charge in [-0.1, -0.05) is 25.4 Å². The number of esters is 1. The van der Waals surface area contributed by atoms with Crippen molar-refractivity contribution in [1.82, 2.24) is 5.32 Å². The lowest BCUT2D eigenvalue weighted by Crippen LogP contribution is -2.42. The van der Waals surface area contributed by atoms with Crippen LogP contribution in [-0.4, -0.2) is 25.0 Å². The first-order valence-electron chi connectivity index (χ1n) is 6.49. The first kappa shape index (κ1) is 16.5. The summed E-state index contributed by atoms with van der Waals surface area (Å²) in [6.45, 7) is 5.81. The van der Waals surface area contributed by atoms with E-state index < -0.39 is 12.0 Å². The van der Waals surface area contributed by atoms with Gasteiger partial charge in [-0.15, -0.1) is 0 Å². The fraction of sp³-hybridized carbons (Fsp3) is 0.467. The highest BCUT2D eigenvalue weighted by Gasteiger charge is 2.23. The van der Waals surface area contributed by atoms with Gasteiger partial charge in [0.15, 0.2) is 0 Å². The van der Waals surface area contributed by atoms with Crippen LogP contribution in [0.4, 0.5) is 0 Å². The summed E-state index contributed by atoms with van der Waals surface area (Å²) in [4.78, 5) is 23.9. The molecule has 4 nitrogen and oxygen atoms in total. The Morgan fingerprint density at radius 2 is 1.95 bits per heavy atom. The van der Waals surface area contributed by atoms with Crippen LogP contribution in [0.25, 0.3) is 0 Å². The van der Waals surface area contributed by atoms with E-state index in [1.54, 1.807) is 18.2 Å². The van der Waals surface area contributed by atoms with E-state index in [2.05, 4.69) is 5.32 Å². The number of hydrogen-bond acceptors (Lipinski definition) is 3. The molecule has 0 fully saturated rings. The van der Waals surface area contributed by atoms with Gasteiger partial charge < -0.3 is 10.1 Å². The van der Waals surface area contributed by atoms with Gasteiger partial charge in [0.2, 0.25) is 0 Å².